The summed E-state index contributed by atoms with van der Waals surface area (Å²) in [4.78, 5) is 6.49. The number of hydrogen-bond donors (Lipinski definition) is 1. The molecule has 0 bridgehead atoms. The van der Waals surface area contributed by atoms with Gasteiger partial charge in [0, 0.05) is 25.0 Å². The first-order chi connectivity index (χ1) is 9.54. The predicted molar refractivity (Wildman–Crippen MR) is 78.7 cm³/mol. The van der Waals surface area contributed by atoms with Crippen LogP contribution in [0.25, 0.3) is 0 Å². The zero-order valence-electron chi connectivity index (χ0n) is 11.8. The molecule has 1 aliphatic rings. The Morgan fingerprint density at radius 1 is 1.35 bits per heavy atom. The number of sulfone groups is 1. The summed E-state index contributed by atoms with van der Waals surface area (Å²) < 4.78 is 23.8. The number of aliphatic hydroxyl groups is 1. The molecule has 1 aromatic heterocycles. The molecule has 2 rings (SSSR count). The van der Waals surface area contributed by atoms with E-state index < -0.39 is 9.84 Å². The number of rotatable bonds is 5. The van der Waals surface area contributed by atoms with Crippen LogP contribution in [0.4, 0.5) is 5.82 Å². The SMILES string of the molecule is CS(=O)(=O)c1cccnc1N(CCO)C1CCCCC1. The molecular formula is C14H22N2O3S. The monoisotopic (exact) mass is 298 g/mol. The zero-order valence-corrected chi connectivity index (χ0v) is 12.6. The van der Waals surface area contributed by atoms with Gasteiger partial charge in [-0.3, -0.25) is 0 Å². The lowest BCUT2D eigenvalue weighted by Gasteiger charge is -2.35. The fraction of sp³-hybridized carbons (Fsp3) is 0.643. The molecule has 0 radical (unpaired) electrons. The van der Waals surface area contributed by atoms with E-state index in [1.165, 1.54) is 12.7 Å². The second kappa shape index (κ2) is 6.54. The molecule has 0 aromatic carbocycles. The molecule has 1 heterocycles. The van der Waals surface area contributed by atoms with Crippen LogP contribution >= 0.6 is 0 Å². The molecule has 1 N–H and O–H groups in total. The second-order valence-electron chi connectivity index (χ2n) is 5.31. The second-order valence-corrected chi connectivity index (χ2v) is 7.29. The lowest BCUT2D eigenvalue weighted by atomic mass is 9.94. The van der Waals surface area contributed by atoms with Crippen molar-refractivity contribution in [2.75, 3.05) is 24.3 Å². The summed E-state index contributed by atoms with van der Waals surface area (Å²) in [7, 11) is -3.32. The van der Waals surface area contributed by atoms with Crippen molar-refractivity contribution >= 4 is 15.7 Å². The van der Waals surface area contributed by atoms with Gasteiger partial charge in [-0.2, -0.15) is 0 Å². The quantitative estimate of drug-likeness (QED) is 0.894. The van der Waals surface area contributed by atoms with E-state index in [0.717, 1.165) is 25.7 Å². The highest BCUT2D eigenvalue weighted by Gasteiger charge is 2.26. The van der Waals surface area contributed by atoms with Gasteiger partial charge in [-0.1, -0.05) is 19.3 Å². The van der Waals surface area contributed by atoms with Gasteiger partial charge in [0.25, 0.3) is 0 Å². The minimum Gasteiger partial charge on any atom is -0.395 e. The first-order valence-corrected chi connectivity index (χ1v) is 8.96. The first kappa shape index (κ1) is 15.3. The zero-order chi connectivity index (χ0) is 14.6. The third-order valence-corrected chi connectivity index (χ3v) is 4.90. The van der Waals surface area contributed by atoms with Crippen molar-refractivity contribution in [3.63, 3.8) is 0 Å². The van der Waals surface area contributed by atoms with Gasteiger partial charge in [0.05, 0.1) is 6.61 Å². The molecule has 0 spiro atoms. The van der Waals surface area contributed by atoms with Crippen molar-refractivity contribution in [2.24, 2.45) is 0 Å². The molecule has 0 saturated heterocycles. The molecule has 6 heteroatoms. The van der Waals surface area contributed by atoms with E-state index in [0.29, 0.717) is 12.4 Å². The normalized spacial score (nSPS) is 17.1. The van der Waals surface area contributed by atoms with Gasteiger partial charge in [-0.05, 0) is 25.0 Å². The van der Waals surface area contributed by atoms with Crippen molar-refractivity contribution in [1.29, 1.82) is 0 Å². The lowest BCUT2D eigenvalue weighted by Crippen LogP contribution is -2.40. The van der Waals surface area contributed by atoms with Gasteiger partial charge in [0.15, 0.2) is 9.84 Å². The Balaban J connectivity index is 2.38. The van der Waals surface area contributed by atoms with Gasteiger partial charge in [0.1, 0.15) is 10.7 Å². The maximum Gasteiger partial charge on any atom is 0.179 e. The minimum absolute atomic E-state index is 0.00369. The third kappa shape index (κ3) is 3.49. The van der Waals surface area contributed by atoms with E-state index in [-0.39, 0.29) is 17.5 Å². The average Bonchev–Trinajstić information content (AvgIpc) is 2.45. The Kier molecular flexibility index (Phi) is 4.99. The molecule has 20 heavy (non-hydrogen) atoms. The standard InChI is InChI=1S/C14H22N2O3S/c1-20(18,19)13-8-5-9-15-14(13)16(10-11-17)12-6-3-2-4-7-12/h5,8-9,12,17H,2-4,6-7,10-11H2,1H3. The Labute approximate surface area is 120 Å². The van der Waals surface area contributed by atoms with E-state index >= 15 is 0 Å². The third-order valence-electron chi connectivity index (χ3n) is 3.78. The molecule has 112 valence electrons. The molecule has 1 aliphatic carbocycles. The highest BCUT2D eigenvalue weighted by atomic mass is 32.2. The van der Waals surface area contributed by atoms with Crippen molar-refractivity contribution in [3.05, 3.63) is 18.3 Å². The van der Waals surface area contributed by atoms with E-state index in [4.69, 9.17) is 0 Å². The smallest absolute Gasteiger partial charge is 0.179 e. The molecule has 0 unspecified atom stereocenters. The highest BCUT2D eigenvalue weighted by Crippen LogP contribution is 2.29. The van der Waals surface area contributed by atoms with Gasteiger partial charge in [-0.25, -0.2) is 13.4 Å². The van der Waals surface area contributed by atoms with Gasteiger partial charge in [-0.15, -0.1) is 0 Å². The van der Waals surface area contributed by atoms with Crippen LogP contribution in [-0.2, 0) is 9.84 Å². The van der Waals surface area contributed by atoms with Crippen LogP contribution in [0.1, 0.15) is 32.1 Å². The van der Waals surface area contributed by atoms with Gasteiger partial charge < -0.3 is 10.0 Å². The van der Waals surface area contributed by atoms with Crippen LogP contribution in [0.2, 0.25) is 0 Å². The number of hydrogen-bond acceptors (Lipinski definition) is 5. The lowest BCUT2D eigenvalue weighted by molar-refractivity contribution is 0.289. The predicted octanol–water partition coefficient (Wildman–Crippen LogP) is 1.62. The minimum atomic E-state index is -3.32. The molecule has 0 atom stereocenters. The first-order valence-electron chi connectivity index (χ1n) is 7.06. The molecular weight excluding hydrogens is 276 g/mol. The highest BCUT2D eigenvalue weighted by molar-refractivity contribution is 7.90. The van der Waals surface area contributed by atoms with Crippen molar-refractivity contribution in [3.8, 4) is 0 Å². The van der Waals surface area contributed by atoms with Crippen LogP contribution in [0.15, 0.2) is 23.2 Å². The molecule has 1 saturated carbocycles. The largest absolute Gasteiger partial charge is 0.395 e. The van der Waals surface area contributed by atoms with Crippen LogP contribution in [0, 0.1) is 0 Å². The summed E-state index contributed by atoms with van der Waals surface area (Å²) in [6, 6.07) is 3.49. The number of nitrogens with zero attached hydrogens (tertiary/aromatic N) is 2. The van der Waals surface area contributed by atoms with Crippen LogP contribution < -0.4 is 4.90 Å². The summed E-state index contributed by atoms with van der Waals surface area (Å²) in [5.74, 6) is 0.482. The fourth-order valence-corrected chi connectivity index (χ4v) is 3.68. The van der Waals surface area contributed by atoms with Crippen molar-refractivity contribution < 1.29 is 13.5 Å². The number of pyridine rings is 1. The maximum atomic E-state index is 11.9. The van der Waals surface area contributed by atoms with E-state index in [1.807, 2.05) is 4.90 Å². The summed E-state index contributed by atoms with van der Waals surface area (Å²) in [5.41, 5.74) is 0. The molecule has 5 nitrogen and oxygen atoms in total. The summed E-state index contributed by atoms with van der Waals surface area (Å²) >= 11 is 0. The Hall–Kier alpha value is -1.14. The topological polar surface area (TPSA) is 70.5 Å². The van der Waals surface area contributed by atoms with Crippen molar-refractivity contribution in [1.82, 2.24) is 4.98 Å². The van der Waals surface area contributed by atoms with E-state index in [2.05, 4.69) is 4.98 Å². The summed E-state index contributed by atoms with van der Waals surface area (Å²) in [6.45, 7) is 0.417. The molecule has 1 fully saturated rings. The Morgan fingerprint density at radius 3 is 2.65 bits per heavy atom. The molecule has 0 aliphatic heterocycles. The van der Waals surface area contributed by atoms with Crippen LogP contribution in [0.3, 0.4) is 0 Å². The summed E-state index contributed by atoms with van der Waals surface area (Å²) in [6.07, 6.45) is 8.38. The summed E-state index contributed by atoms with van der Waals surface area (Å²) in [5, 5.41) is 9.30. The number of anilines is 1. The average molecular weight is 298 g/mol. The Bertz CT molecular complexity index is 539. The van der Waals surface area contributed by atoms with Crippen molar-refractivity contribution in [2.45, 2.75) is 43.0 Å². The number of aliphatic hydroxyl groups excluding tert-OH is 1. The molecule has 0 amide bonds. The maximum absolute atomic E-state index is 11.9. The van der Waals surface area contributed by atoms with Crippen LogP contribution in [0.5, 0.6) is 0 Å². The van der Waals surface area contributed by atoms with Crippen LogP contribution in [-0.4, -0.2) is 44.0 Å². The van der Waals surface area contributed by atoms with E-state index in [1.54, 1.807) is 18.3 Å². The fourth-order valence-electron chi connectivity index (χ4n) is 2.85. The molecule has 1 aromatic rings. The van der Waals surface area contributed by atoms with Gasteiger partial charge in [0.2, 0.25) is 0 Å². The Morgan fingerprint density at radius 2 is 2.05 bits per heavy atom. The number of aromatic nitrogens is 1. The van der Waals surface area contributed by atoms with E-state index in [9.17, 15) is 13.5 Å². The van der Waals surface area contributed by atoms with Gasteiger partial charge >= 0.3 is 0 Å².